The molecule has 0 aliphatic carbocycles. The number of hydrogen-bond acceptors (Lipinski definition) is 4. The highest BCUT2D eigenvalue weighted by atomic mass is 16.6. The van der Waals surface area contributed by atoms with Gasteiger partial charge in [-0.05, 0) is 18.2 Å². The smallest absolute Gasteiger partial charge is 0.293 e. The highest BCUT2D eigenvalue weighted by Gasteiger charge is 2.16. The lowest BCUT2D eigenvalue weighted by Crippen LogP contribution is -2.06. The molecular formula is C14H10N2O4. The summed E-state index contributed by atoms with van der Waals surface area (Å²) in [5, 5.41) is 11.8. The van der Waals surface area contributed by atoms with Gasteiger partial charge >= 0.3 is 0 Å². The van der Waals surface area contributed by atoms with Gasteiger partial charge in [0.1, 0.15) is 11.3 Å². The maximum atomic E-state index is 12.4. The summed E-state index contributed by atoms with van der Waals surface area (Å²) in [6.45, 7) is 0. The van der Waals surface area contributed by atoms with Crippen LogP contribution in [0.25, 0.3) is 21.8 Å². The molecule has 3 aromatic rings. The molecule has 0 unspecified atom stereocenters. The van der Waals surface area contributed by atoms with E-state index in [2.05, 4.69) is 4.98 Å². The zero-order valence-electron chi connectivity index (χ0n) is 10.5. The van der Waals surface area contributed by atoms with E-state index < -0.39 is 4.92 Å². The third-order valence-corrected chi connectivity index (χ3v) is 3.22. The van der Waals surface area contributed by atoms with Crippen molar-refractivity contribution in [3.63, 3.8) is 0 Å². The Kier molecular flexibility index (Phi) is 2.64. The van der Waals surface area contributed by atoms with Crippen LogP contribution in [0, 0.1) is 10.1 Å². The van der Waals surface area contributed by atoms with Crippen molar-refractivity contribution in [1.29, 1.82) is 0 Å². The quantitative estimate of drug-likeness (QED) is 0.440. The van der Waals surface area contributed by atoms with Crippen molar-refractivity contribution in [3.05, 3.63) is 56.7 Å². The number of methoxy groups -OCH3 is 1. The Morgan fingerprint density at radius 3 is 2.40 bits per heavy atom. The molecule has 0 spiro atoms. The SMILES string of the molecule is COc1cccc2c(=O)c3cccc([N+](=O)[O-])c3[nH]c12. The van der Waals surface area contributed by atoms with Crippen LogP contribution in [0.15, 0.2) is 41.2 Å². The zero-order valence-corrected chi connectivity index (χ0v) is 10.5. The average Bonchev–Trinajstić information content (AvgIpc) is 2.46. The number of rotatable bonds is 2. The van der Waals surface area contributed by atoms with E-state index in [1.165, 1.54) is 19.2 Å². The van der Waals surface area contributed by atoms with Gasteiger partial charge in [0.15, 0.2) is 5.43 Å². The predicted molar refractivity (Wildman–Crippen MR) is 75.3 cm³/mol. The van der Waals surface area contributed by atoms with Crippen LogP contribution in [0.2, 0.25) is 0 Å². The average molecular weight is 270 g/mol. The van der Waals surface area contributed by atoms with Gasteiger partial charge in [0.2, 0.25) is 0 Å². The Morgan fingerprint density at radius 1 is 1.10 bits per heavy atom. The number of pyridine rings is 1. The van der Waals surface area contributed by atoms with E-state index in [1.807, 2.05) is 0 Å². The minimum absolute atomic E-state index is 0.132. The molecule has 1 heterocycles. The van der Waals surface area contributed by atoms with Crippen molar-refractivity contribution in [2.75, 3.05) is 7.11 Å². The molecule has 1 aromatic heterocycles. The summed E-state index contributed by atoms with van der Waals surface area (Å²) in [6, 6.07) is 9.49. The van der Waals surface area contributed by atoms with E-state index in [1.54, 1.807) is 24.3 Å². The lowest BCUT2D eigenvalue weighted by molar-refractivity contribution is -0.383. The standard InChI is InChI=1S/C14H10N2O4/c1-20-11-7-3-5-9-13(11)15-12-8(14(9)17)4-2-6-10(12)16(18)19/h2-7H,1H3,(H,15,17). The highest BCUT2D eigenvalue weighted by molar-refractivity contribution is 5.98. The third kappa shape index (κ3) is 1.62. The molecule has 100 valence electrons. The Hall–Kier alpha value is -2.89. The fraction of sp³-hybridized carbons (Fsp3) is 0.0714. The minimum atomic E-state index is -0.514. The lowest BCUT2D eigenvalue weighted by atomic mass is 10.1. The van der Waals surface area contributed by atoms with Gasteiger partial charge < -0.3 is 9.72 Å². The first-order valence-electron chi connectivity index (χ1n) is 5.89. The number of aromatic nitrogens is 1. The van der Waals surface area contributed by atoms with Crippen molar-refractivity contribution < 1.29 is 9.66 Å². The summed E-state index contributed by atoms with van der Waals surface area (Å²) < 4.78 is 5.19. The molecule has 0 amide bonds. The second-order valence-corrected chi connectivity index (χ2v) is 4.29. The summed E-state index contributed by atoms with van der Waals surface area (Å²) in [5.74, 6) is 0.472. The Balaban J connectivity index is 2.58. The number of nitrogens with zero attached hydrogens (tertiary/aromatic N) is 1. The summed E-state index contributed by atoms with van der Waals surface area (Å²) in [5.41, 5.74) is 0.282. The second kappa shape index (κ2) is 4.34. The second-order valence-electron chi connectivity index (χ2n) is 4.29. The molecule has 2 aromatic carbocycles. The van der Waals surface area contributed by atoms with Crippen LogP contribution < -0.4 is 10.2 Å². The monoisotopic (exact) mass is 270 g/mol. The van der Waals surface area contributed by atoms with E-state index in [9.17, 15) is 14.9 Å². The number of aromatic amines is 1. The maximum Gasteiger partial charge on any atom is 0.293 e. The summed E-state index contributed by atoms with van der Waals surface area (Å²) in [4.78, 5) is 25.9. The Labute approximate surface area is 112 Å². The number of benzene rings is 2. The molecule has 6 nitrogen and oxygen atoms in total. The van der Waals surface area contributed by atoms with E-state index in [-0.39, 0.29) is 16.6 Å². The number of nitrogens with one attached hydrogen (secondary N) is 1. The minimum Gasteiger partial charge on any atom is -0.495 e. The van der Waals surface area contributed by atoms with Gasteiger partial charge in [0, 0.05) is 11.5 Å². The van der Waals surface area contributed by atoms with E-state index >= 15 is 0 Å². The van der Waals surface area contributed by atoms with Crippen molar-refractivity contribution in [2.45, 2.75) is 0 Å². The molecule has 0 aliphatic rings. The molecule has 1 N–H and O–H groups in total. The molecule has 0 saturated heterocycles. The summed E-state index contributed by atoms with van der Waals surface area (Å²) >= 11 is 0. The van der Waals surface area contributed by atoms with Gasteiger partial charge in [0.05, 0.1) is 22.9 Å². The first kappa shape index (κ1) is 12.2. The number of fused-ring (bicyclic) bond motifs is 2. The number of ether oxygens (including phenoxy) is 1. The maximum absolute atomic E-state index is 12.4. The van der Waals surface area contributed by atoms with Crippen LogP contribution in [0.3, 0.4) is 0 Å². The van der Waals surface area contributed by atoms with Crippen molar-refractivity contribution in [2.24, 2.45) is 0 Å². The van der Waals surface area contributed by atoms with Crippen LogP contribution in [-0.4, -0.2) is 17.0 Å². The van der Waals surface area contributed by atoms with Crippen LogP contribution in [-0.2, 0) is 0 Å². The zero-order chi connectivity index (χ0) is 14.3. The topological polar surface area (TPSA) is 85.2 Å². The van der Waals surface area contributed by atoms with Crippen molar-refractivity contribution >= 4 is 27.5 Å². The molecule has 3 rings (SSSR count). The molecule has 0 bridgehead atoms. The van der Waals surface area contributed by atoms with Crippen molar-refractivity contribution in [3.8, 4) is 5.75 Å². The van der Waals surface area contributed by atoms with Gasteiger partial charge in [-0.25, -0.2) is 0 Å². The van der Waals surface area contributed by atoms with E-state index in [4.69, 9.17) is 4.74 Å². The predicted octanol–water partition coefficient (Wildman–Crippen LogP) is 2.60. The number of non-ortho nitro benzene ring substituents is 1. The molecule has 0 radical (unpaired) electrons. The first-order chi connectivity index (χ1) is 9.63. The molecule has 0 atom stereocenters. The lowest BCUT2D eigenvalue weighted by Gasteiger charge is -2.07. The fourth-order valence-electron chi connectivity index (χ4n) is 2.30. The molecule has 0 fully saturated rings. The Morgan fingerprint density at radius 2 is 1.75 bits per heavy atom. The molecular weight excluding hydrogens is 260 g/mol. The highest BCUT2D eigenvalue weighted by Crippen LogP contribution is 2.27. The third-order valence-electron chi connectivity index (χ3n) is 3.22. The van der Waals surface area contributed by atoms with E-state index in [0.717, 1.165) is 0 Å². The van der Waals surface area contributed by atoms with E-state index in [0.29, 0.717) is 22.0 Å². The first-order valence-corrected chi connectivity index (χ1v) is 5.89. The normalized spacial score (nSPS) is 10.8. The van der Waals surface area contributed by atoms with Gasteiger partial charge in [-0.1, -0.05) is 12.1 Å². The van der Waals surface area contributed by atoms with Gasteiger partial charge in [0.25, 0.3) is 5.69 Å². The largest absolute Gasteiger partial charge is 0.495 e. The number of nitro groups is 1. The Bertz CT molecular complexity index is 899. The van der Waals surface area contributed by atoms with Crippen LogP contribution in [0.5, 0.6) is 5.75 Å². The molecule has 0 aliphatic heterocycles. The summed E-state index contributed by atoms with van der Waals surface area (Å²) in [7, 11) is 1.48. The number of H-pyrrole nitrogens is 1. The van der Waals surface area contributed by atoms with Gasteiger partial charge in [-0.15, -0.1) is 0 Å². The number of hydrogen-bond donors (Lipinski definition) is 1. The summed E-state index contributed by atoms with van der Waals surface area (Å²) in [6.07, 6.45) is 0. The van der Waals surface area contributed by atoms with Crippen LogP contribution in [0.4, 0.5) is 5.69 Å². The molecule has 0 saturated carbocycles. The van der Waals surface area contributed by atoms with Gasteiger partial charge in [-0.2, -0.15) is 0 Å². The van der Waals surface area contributed by atoms with Gasteiger partial charge in [-0.3, -0.25) is 14.9 Å². The molecule has 20 heavy (non-hydrogen) atoms. The number of nitro benzene ring substituents is 1. The fourth-order valence-corrected chi connectivity index (χ4v) is 2.30. The van der Waals surface area contributed by atoms with Crippen LogP contribution in [0.1, 0.15) is 0 Å². The number of para-hydroxylation sites is 2. The van der Waals surface area contributed by atoms with Crippen molar-refractivity contribution in [1.82, 2.24) is 4.98 Å². The molecule has 6 heteroatoms. The van der Waals surface area contributed by atoms with Crippen LogP contribution >= 0.6 is 0 Å².